The average Bonchev–Trinajstić information content (AvgIpc) is 3.15. The number of likely N-dealkylation sites (tertiary alicyclic amines) is 1. The van der Waals surface area contributed by atoms with Gasteiger partial charge in [0.2, 0.25) is 6.79 Å². The SMILES string of the molecule is O=C(NCC1CCN(Cc2cccc(Cl)c2)CC1)Nc1ccc2c(c1)OCO2. The maximum atomic E-state index is 12.2. The highest BCUT2D eigenvalue weighted by Crippen LogP contribution is 2.34. The van der Waals surface area contributed by atoms with Crippen molar-refractivity contribution in [1.82, 2.24) is 10.2 Å². The number of rotatable bonds is 5. The Morgan fingerprint density at radius 1 is 1.11 bits per heavy atom. The number of carbonyl (C=O) groups excluding carboxylic acids is 1. The van der Waals surface area contributed by atoms with Crippen molar-refractivity contribution in [2.24, 2.45) is 5.92 Å². The molecule has 2 heterocycles. The Morgan fingerprint density at radius 2 is 1.93 bits per heavy atom. The molecule has 4 rings (SSSR count). The molecule has 7 heteroatoms. The largest absolute Gasteiger partial charge is 0.454 e. The lowest BCUT2D eigenvalue weighted by atomic mass is 9.96. The Hall–Kier alpha value is -2.44. The van der Waals surface area contributed by atoms with Crippen molar-refractivity contribution in [3.63, 3.8) is 0 Å². The van der Waals surface area contributed by atoms with Gasteiger partial charge in [-0.2, -0.15) is 0 Å². The smallest absolute Gasteiger partial charge is 0.319 e. The Balaban J connectivity index is 1.18. The van der Waals surface area contributed by atoms with Crippen LogP contribution in [0.2, 0.25) is 5.02 Å². The minimum absolute atomic E-state index is 0.194. The molecular formula is C21H24ClN3O3. The number of carbonyl (C=O) groups is 1. The number of hydrogen-bond acceptors (Lipinski definition) is 4. The van der Waals surface area contributed by atoms with Crippen LogP contribution in [0.25, 0.3) is 0 Å². The molecular weight excluding hydrogens is 378 g/mol. The van der Waals surface area contributed by atoms with Crippen LogP contribution in [-0.4, -0.2) is 37.4 Å². The Kier molecular flexibility index (Phi) is 5.88. The molecule has 0 aromatic heterocycles. The van der Waals surface area contributed by atoms with E-state index >= 15 is 0 Å². The lowest BCUT2D eigenvalue weighted by Gasteiger charge is -2.32. The van der Waals surface area contributed by atoms with Crippen LogP contribution < -0.4 is 20.1 Å². The van der Waals surface area contributed by atoms with Crippen molar-refractivity contribution in [1.29, 1.82) is 0 Å². The van der Waals surface area contributed by atoms with E-state index < -0.39 is 0 Å². The summed E-state index contributed by atoms with van der Waals surface area (Å²) in [5.74, 6) is 1.86. The third kappa shape index (κ3) is 4.88. The summed E-state index contributed by atoms with van der Waals surface area (Å²) in [7, 11) is 0. The second-order valence-electron chi connectivity index (χ2n) is 7.25. The van der Waals surface area contributed by atoms with Crippen molar-refractivity contribution in [3.8, 4) is 11.5 Å². The van der Waals surface area contributed by atoms with Gasteiger partial charge in [-0.25, -0.2) is 4.79 Å². The zero-order chi connectivity index (χ0) is 19.3. The van der Waals surface area contributed by atoms with Crippen LogP contribution in [0.4, 0.5) is 10.5 Å². The minimum Gasteiger partial charge on any atom is -0.454 e. The summed E-state index contributed by atoms with van der Waals surface area (Å²) in [6.07, 6.45) is 2.15. The lowest BCUT2D eigenvalue weighted by Crippen LogP contribution is -2.39. The number of ether oxygens (including phenoxy) is 2. The molecule has 1 fully saturated rings. The molecule has 0 spiro atoms. The molecule has 2 aliphatic rings. The van der Waals surface area contributed by atoms with Crippen LogP contribution in [0, 0.1) is 5.92 Å². The number of urea groups is 1. The van der Waals surface area contributed by atoms with Gasteiger partial charge in [0.15, 0.2) is 11.5 Å². The van der Waals surface area contributed by atoms with Crippen molar-refractivity contribution in [3.05, 3.63) is 53.1 Å². The van der Waals surface area contributed by atoms with E-state index in [9.17, 15) is 4.79 Å². The molecule has 0 unspecified atom stereocenters. The van der Waals surface area contributed by atoms with Gasteiger partial charge >= 0.3 is 6.03 Å². The number of hydrogen-bond donors (Lipinski definition) is 2. The summed E-state index contributed by atoms with van der Waals surface area (Å²) in [5.41, 5.74) is 1.94. The molecule has 6 nitrogen and oxygen atoms in total. The van der Waals surface area contributed by atoms with Crippen LogP contribution >= 0.6 is 11.6 Å². The molecule has 2 amide bonds. The van der Waals surface area contributed by atoms with E-state index in [-0.39, 0.29) is 12.8 Å². The van der Waals surface area contributed by atoms with Crippen LogP contribution in [0.1, 0.15) is 18.4 Å². The maximum absolute atomic E-state index is 12.2. The quantitative estimate of drug-likeness (QED) is 0.791. The summed E-state index contributed by atoms with van der Waals surface area (Å²) < 4.78 is 10.6. The summed E-state index contributed by atoms with van der Waals surface area (Å²) in [6, 6.07) is 13.2. The van der Waals surface area contributed by atoms with Crippen LogP contribution in [-0.2, 0) is 6.54 Å². The fraction of sp³-hybridized carbons (Fsp3) is 0.381. The van der Waals surface area contributed by atoms with E-state index in [0.717, 1.165) is 37.5 Å². The first-order valence-corrected chi connectivity index (χ1v) is 9.95. The fourth-order valence-corrected chi connectivity index (χ4v) is 3.84. The van der Waals surface area contributed by atoms with E-state index in [0.29, 0.717) is 29.6 Å². The monoisotopic (exact) mass is 401 g/mol. The number of benzene rings is 2. The van der Waals surface area contributed by atoms with Gasteiger partial charge in [0.1, 0.15) is 0 Å². The summed E-state index contributed by atoms with van der Waals surface area (Å²) in [4.78, 5) is 14.6. The molecule has 2 aromatic rings. The molecule has 148 valence electrons. The molecule has 0 atom stereocenters. The van der Waals surface area contributed by atoms with Crippen LogP contribution in [0.15, 0.2) is 42.5 Å². The maximum Gasteiger partial charge on any atom is 0.319 e. The van der Waals surface area contributed by atoms with E-state index in [4.69, 9.17) is 21.1 Å². The third-order valence-electron chi connectivity index (χ3n) is 5.18. The number of piperidine rings is 1. The summed E-state index contributed by atoms with van der Waals surface area (Å²) >= 11 is 6.06. The lowest BCUT2D eigenvalue weighted by molar-refractivity contribution is 0.174. The first-order chi connectivity index (χ1) is 13.7. The van der Waals surface area contributed by atoms with Crippen molar-refractivity contribution < 1.29 is 14.3 Å². The number of halogens is 1. The molecule has 0 bridgehead atoms. The summed E-state index contributed by atoms with van der Waals surface area (Å²) in [5, 5.41) is 6.61. The second-order valence-corrected chi connectivity index (χ2v) is 7.69. The molecule has 1 saturated heterocycles. The van der Waals surface area contributed by atoms with Gasteiger partial charge < -0.3 is 20.1 Å². The first-order valence-electron chi connectivity index (χ1n) is 9.57. The summed E-state index contributed by atoms with van der Waals surface area (Å²) in [6.45, 7) is 3.89. The van der Waals surface area contributed by atoms with Crippen molar-refractivity contribution >= 4 is 23.3 Å². The molecule has 2 aromatic carbocycles. The van der Waals surface area contributed by atoms with Crippen molar-refractivity contribution in [2.45, 2.75) is 19.4 Å². The zero-order valence-corrected chi connectivity index (χ0v) is 16.4. The topological polar surface area (TPSA) is 62.8 Å². The van der Waals surface area contributed by atoms with Gasteiger partial charge in [0, 0.05) is 29.9 Å². The number of anilines is 1. The molecule has 2 N–H and O–H groups in total. The number of nitrogens with one attached hydrogen (secondary N) is 2. The predicted octanol–water partition coefficient (Wildman–Crippen LogP) is 4.10. The number of nitrogens with zero attached hydrogens (tertiary/aromatic N) is 1. The molecule has 0 radical (unpaired) electrons. The molecule has 28 heavy (non-hydrogen) atoms. The van der Waals surface area contributed by atoms with E-state index in [1.807, 2.05) is 18.2 Å². The molecule has 0 saturated carbocycles. The highest BCUT2D eigenvalue weighted by atomic mass is 35.5. The van der Waals surface area contributed by atoms with Gasteiger partial charge in [-0.1, -0.05) is 23.7 Å². The highest BCUT2D eigenvalue weighted by Gasteiger charge is 2.20. The van der Waals surface area contributed by atoms with Gasteiger partial charge in [-0.15, -0.1) is 0 Å². The highest BCUT2D eigenvalue weighted by molar-refractivity contribution is 6.30. The Morgan fingerprint density at radius 3 is 2.75 bits per heavy atom. The molecule has 0 aliphatic carbocycles. The van der Waals surface area contributed by atoms with Crippen molar-refractivity contribution in [2.75, 3.05) is 31.7 Å². The second kappa shape index (κ2) is 8.71. The van der Waals surface area contributed by atoms with Gasteiger partial charge in [-0.05, 0) is 61.7 Å². The van der Waals surface area contributed by atoms with Crippen LogP contribution in [0.5, 0.6) is 11.5 Å². The number of fused-ring (bicyclic) bond motifs is 1. The minimum atomic E-state index is -0.194. The average molecular weight is 402 g/mol. The Labute approximate surface area is 169 Å². The first kappa shape index (κ1) is 18.9. The van der Waals surface area contributed by atoms with Gasteiger partial charge in [-0.3, -0.25) is 4.90 Å². The van der Waals surface area contributed by atoms with Gasteiger partial charge in [0.05, 0.1) is 0 Å². The van der Waals surface area contributed by atoms with E-state index in [1.54, 1.807) is 18.2 Å². The third-order valence-corrected chi connectivity index (χ3v) is 5.42. The zero-order valence-electron chi connectivity index (χ0n) is 15.6. The van der Waals surface area contributed by atoms with Gasteiger partial charge in [0.25, 0.3) is 0 Å². The normalized spacial score (nSPS) is 16.8. The predicted molar refractivity (Wildman–Crippen MR) is 109 cm³/mol. The Bertz CT molecular complexity index is 837. The fourth-order valence-electron chi connectivity index (χ4n) is 3.63. The standard InChI is InChI=1S/C21H24ClN3O3/c22-17-3-1-2-16(10-17)13-25-8-6-15(7-9-25)12-23-21(26)24-18-4-5-19-20(11-18)28-14-27-19/h1-5,10-11,15H,6-9,12-14H2,(H2,23,24,26). The number of amides is 2. The van der Waals surface area contributed by atoms with Crippen LogP contribution in [0.3, 0.4) is 0 Å². The molecule has 2 aliphatic heterocycles. The van der Waals surface area contributed by atoms with E-state index in [1.165, 1.54) is 5.56 Å². The van der Waals surface area contributed by atoms with E-state index in [2.05, 4.69) is 21.6 Å².